The molecule has 2 N–H and O–H groups in total. The fourth-order valence-corrected chi connectivity index (χ4v) is 2.87. The first-order chi connectivity index (χ1) is 9.50. The van der Waals surface area contributed by atoms with Gasteiger partial charge in [0.25, 0.3) is 0 Å². The number of aliphatic carboxylic acids is 1. The van der Waals surface area contributed by atoms with E-state index in [1.807, 2.05) is 6.92 Å². The number of hydrogen-bond donors (Lipinski definition) is 2. The largest absolute Gasteiger partial charge is 0.481 e. The summed E-state index contributed by atoms with van der Waals surface area (Å²) in [5.41, 5.74) is -0.767. The topological polar surface area (TPSA) is 75.6 Å². The van der Waals surface area contributed by atoms with Crippen molar-refractivity contribution >= 4 is 11.9 Å². The second-order valence-electron chi connectivity index (χ2n) is 6.04. The van der Waals surface area contributed by atoms with Crippen LogP contribution in [0.3, 0.4) is 0 Å². The summed E-state index contributed by atoms with van der Waals surface area (Å²) in [5, 5.41) is 12.3. The van der Waals surface area contributed by atoms with Crippen molar-refractivity contribution < 1.29 is 19.4 Å². The molecule has 1 atom stereocenters. The van der Waals surface area contributed by atoms with Crippen molar-refractivity contribution in [2.45, 2.75) is 51.9 Å². The molecule has 0 aromatic carbocycles. The summed E-state index contributed by atoms with van der Waals surface area (Å²) in [6.07, 6.45) is 5.75. The van der Waals surface area contributed by atoms with Gasteiger partial charge in [0.2, 0.25) is 5.91 Å². The highest BCUT2D eigenvalue weighted by molar-refractivity contribution is 5.79. The van der Waals surface area contributed by atoms with Crippen LogP contribution in [0.2, 0.25) is 0 Å². The lowest BCUT2D eigenvalue weighted by Gasteiger charge is -2.28. The summed E-state index contributed by atoms with van der Waals surface area (Å²) in [5.74, 6) is -0.709. The Morgan fingerprint density at radius 2 is 1.85 bits per heavy atom. The molecular weight excluding hydrogens is 258 g/mol. The smallest absolute Gasteiger partial charge is 0.311 e. The van der Waals surface area contributed by atoms with Crippen molar-refractivity contribution in [1.82, 2.24) is 5.32 Å². The molecule has 1 aliphatic carbocycles. The third-order valence-electron chi connectivity index (χ3n) is 4.12. The van der Waals surface area contributed by atoms with Crippen LogP contribution in [0.15, 0.2) is 0 Å². The van der Waals surface area contributed by atoms with Gasteiger partial charge in [0, 0.05) is 26.7 Å². The summed E-state index contributed by atoms with van der Waals surface area (Å²) < 4.78 is 5.00. The zero-order valence-electron chi connectivity index (χ0n) is 12.6. The number of nitrogens with one attached hydrogen (secondary N) is 1. The maximum atomic E-state index is 11.9. The summed E-state index contributed by atoms with van der Waals surface area (Å²) in [6.45, 7) is 2.74. The molecule has 0 saturated heterocycles. The number of amides is 1. The van der Waals surface area contributed by atoms with E-state index in [0.29, 0.717) is 25.9 Å². The van der Waals surface area contributed by atoms with E-state index in [1.54, 1.807) is 7.11 Å². The van der Waals surface area contributed by atoms with Crippen molar-refractivity contribution in [2.24, 2.45) is 11.3 Å². The average molecular weight is 285 g/mol. The maximum Gasteiger partial charge on any atom is 0.311 e. The van der Waals surface area contributed by atoms with Crippen molar-refractivity contribution in [2.75, 3.05) is 20.3 Å². The number of hydrogen-bond acceptors (Lipinski definition) is 3. The van der Waals surface area contributed by atoms with Gasteiger partial charge in [-0.2, -0.15) is 0 Å². The quantitative estimate of drug-likeness (QED) is 0.703. The lowest BCUT2D eigenvalue weighted by molar-refractivity contribution is -0.149. The summed E-state index contributed by atoms with van der Waals surface area (Å²) in [7, 11) is 1.61. The SMILES string of the molecule is COCC(C)CC(=O)NCC1(C(=O)O)CCCCCC1. The fourth-order valence-electron chi connectivity index (χ4n) is 2.87. The molecule has 116 valence electrons. The van der Waals surface area contributed by atoms with Crippen LogP contribution in [0.5, 0.6) is 0 Å². The number of carbonyl (C=O) groups excluding carboxylic acids is 1. The zero-order chi connectivity index (χ0) is 15.0. The van der Waals surface area contributed by atoms with Gasteiger partial charge in [-0.25, -0.2) is 0 Å². The molecule has 1 saturated carbocycles. The molecule has 1 unspecified atom stereocenters. The van der Waals surface area contributed by atoms with Crippen LogP contribution in [-0.2, 0) is 14.3 Å². The van der Waals surface area contributed by atoms with E-state index in [-0.39, 0.29) is 18.4 Å². The standard InChI is InChI=1S/C15H27NO4/c1-12(10-20-2)9-13(17)16-11-15(14(18)19)7-5-3-4-6-8-15/h12H,3-11H2,1-2H3,(H,16,17)(H,18,19). The summed E-state index contributed by atoms with van der Waals surface area (Å²) >= 11 is 0. The Balaban J connectivity index is 2.50. The lowest BCUT2D eigenvalue weighted by Crippen LogP contribution is -2.43. The van der Waals surface area contributed by atoms with Crippen LogP contribution in [0.4, 0.5) is 0 Å². The van der Waals surface area contributed by atoms with Gasteiger partial charge in [0.15, 0.2) is 0 Å². The van der Waals surface area contributed by atoms with Gasteiger partial charge >= 0.3 is 5.97 Å². The third-order valence-corrected chi connectivity index (χ3v) is 4.12. The molecule has 0 aromatic rings. The maximum absolute atomic E-state index is 11.9. The predicted molar refractivity (Wildman–Crippen MR) is 76.4 cm³/mol. The first-order valence-electron chi connectivity index (χ1n) is 7.49. The van der Waals surface area contributed by atoms with Gasteiger partial charge in [-0.3, -0.25) is 9.59 Å². The van der Waals surface area contributed by atoms with Crippen LogP contribution in [0.25, 0.3) is 0 Å². The Bertz CT molecular complexity index is 322. The predicted octanol–water partition coefficient (Wildman–Crippen LogP) is 2.20. The molecule has 0 spiro atoms. The summed E-state index contributed by atoms with van der Waals surface area (Å²) in [6, 6.07) is 0. The van der Waals surface area contributed by atoms with E-state index in [4.69, 9.17) is 4.74 Å². The molecule has 1 rings (SSSR count). The van der Waals surface area contributed by atoms with Crippen molar-refractivity contribution in [3.05, 3.63) is 0 Å². The molecule has 1 aliphatic rings. The number of methoxy groups -OCH3 is 1. The van der Waals surface area contributed by atoms with Gasteiger partial charge in [-0.15, -0.1) is 0 Å². The van der Waals surface area contributed by atoms with Gasteiger partial charge in [0.1, 0.15) is 0 Å². The normalized spacial score (nSPS) is 19.9. The minimum absolute atomic E-state index is 0.0839. The highest BCUT2D eigenvalue weighted by Crippen LogP contribution is 2.34. The second-order valence-corrected chi connectivity index (χ2v) is 6.04. The average Bonchev–Trinajstić information content (AvgIpc) is 2.63. The summed E-state index contributed by atoms with van der Waals surface area (Å²) in [4.78, 5) is 23.5. The molecular formula is C15H27NO4. The zero-order valence-corrected chi connectivity index (χ0v) is 12.6. The Morgan fingerprint density at radius 1 is 1.25 bits per heavy atom. The number of rotatable bonds is 7. The Hall–Kier alpha value is -1.10. The molecule has 20 heavy (non-hydrogen) atoms. The number of carboxylic acids is 1. The van der Waals surface area contributed by atoms with Gasteiger partial charge < -0.3 is 15.2 Å². The Labute approximate surface area is 121 Å². The van der Waals surface area contributed by atoms with Crippen LogP contribution < -0.4 is 5.32 Å². The van der Waals surface area contributed by atoms with Gasteiger partial charge in [-0.1, -0.05) is 32.6 Å². The van der Waals surface area contributed by atoms with Crippen LogP contribution in [0.1, 0.15) is 51.9 Å². The fraction of sp³-hybridized carbons (Fsp3) is 0.867. The molecule has 0 heterocycles. The molecule has 0 bridgehead atoms. The van der Waals surface area contributed by atoms with Crippen LogP contribution in [0, 0.1) is 11.3 Å². The Kier molecular flexibility index (Phi) is 6.99. The van der Waals surface area contributed by atoms with Crippen LogP contribution >= 0.6 is 0 Å². The van der Waals surface area contributed by atoms with E-state index in [9.17, 15) is 14.7 Å². The Morgan fingerprint density at radius 3 is 2.35 bits per heavy atom. The van der Waals surface area contributed by atoms with E-state index in [1.165, 1.54) is 0 Å². The van der Waals surface area contributed by atoms with Crippen molar-refractivity contribution in [3.8, 4) is 0 Å². The minimum atomic E-state index is -0.773. The highest BCUT2D eigenvalue weighted by atomic mass is 16.5. The van der Waals surface area contributed by atoms with Crippen LogP contribution in [-0.4, -0.2) is 37.2 Å². The molecule has 0 aromatic heterocycles. The molecule has 0 aliphatic heterocycles. The van der Waals surface area contributed by atoms with E-state index in [0.717, 1.165) is 25.7 Å². The van der Waals surface area contributed by atoms with E-state index in [2.05, 4.69) is 5.32 Å². The molecule has 5 heteroatoms. The number of carboxylic acid groups (broad SMARTS) is 1. The number of carbonyl (C=O) groups is 2. The second kappa shape index (κ2) is 8.25. The van der Waals surface area contributed by atoms with E-state index >= 15 is 0 Å². The molecule has 5 nitrogen and oxygen atoms in total. The van der Waals surface area contributed by atoms with E-state index < -0.39 is 11.4 Å². The minimum Gasteiger partial charge on any atom is -0.481 e. The van der Waals surface area contributed by atoms with Gasteiger partial charge in [0.05, 0.1) is 5.41 Å². The first kappa shape index (κ1) is 17.0. The third kappa shape index (κ3) is 5.12. The van der Waals surface area contributed by atoms with Crippen molar-refractivity contribution in [1.29, 1.82) is 0 Å². The van der Waals surface area contributed by atoms with Crippen molar-refractivity contribution in [3.63, 3.8) is 0 Å². The molecule has 0 radical (unpaired) electrons. The molecule has 1 fully saturated rings. The number of ether oxygens (including phenoxy) is 1. The van der Waals surface area contributed by atoms with Gasteiger partial charge in [-0.05, 0) is 18.8 Å². The lowest BCUT2D eigenvalue weighted by atomic mass is 9.80. The highest BCUT2D eigenvalue weighted by Gasteiger charge is 2.38. The monoisotopic (exact) mass is 285 g/mol. The molecule has 1 amide bonds. The first-order valence-corrected chi connectivity index (χ1v) is 7.49.